The molecule has 3 aromatic heterocycles. The Morgan fingerprint density at radius 1 is 0.653 bits per heavy atom. The highest BCUT2D eigenvalue weighted by Crippen LogP contribution is 2.50. The van der Waals surface area contributed by atoms with Gasteiger partial charge in [0.05, 0.1) is 22.6 Å². The van der Waals surface area contributed by atoms with E-state index in [2.05, 4.69) is 162 Å². The minimum atomic E-state index is -0.442. The Labute approximate surface area is 284 Å². The van der Waals surface area contributed by atoms with Crippen molar-refractivity contribution in [1.82, 2.24) is 19.1 Å². The number of para-hydroxylation sites is 2. The van der Waals surface area contributed by atoms with Gasteiger partial charge in [-0.15, -0.1) is 0 Å². The Balaban J connectivity index is 1.07. The van der Waals surface area contributed by atoms with E-state index in [1.807, 2.05) is 6.08 Å². The average molecular weight is 635 g/mol. The molecule has 0 saturated carbocycles. The van der Waals surface area contributed by atoms with Crippen LogP contribution in [0.5, 0.6) is 5.75 Å². The van der Waals surface area contributed by atoms with Crippen LogP contribution in [-0.2, 0) is 0 Å². The number of rotatable bonds is 4. The van der Waals surface area contributed by atoms with Gasteiger partial charge in [0, 0.05) is 49.9 Å². The zero-order valence-electron chi connectivity index (χ0n) is 27.6. The fraction of sp³-hybridized carbons (Fsp3) is 0.136. The van der Waals surface area contributed by atoms with Gasteiger partial charge in [-0.2, -0.15) is 0 Å². The summed E-state index contributed by atoms with van der Waals surface area (Å²) in [5.41, 5.74) is 10.8. The number of nitrogens with zero attached hydrogens (tertiary/aromatic N) is 4. The summed E-state index contributed by atoms with van der Waals surface area (Å²) in [4.78, 5) is 9.33. The molecule has 10 rings (SSSR count). The number of aromatic nitrogens is 4. The molecule has 236 valence electrons. The van der Waals surface area contributed by atoms with Crippen molar-refractivity contribution in [2.75, 3.05) is 0 Å². The summed E-state index contributed by atoms with van der Waals surface area (Å²) in [7, 11) is 0. The van der Waals surface area contributed by atoms with E-state index in [0.717, 1.165) is 28.4 Å². The Hall–Kier alpha value is -5.94. The standard InChI is InChI=1S/C44H34N4O/c1-27(2)47-37-13-6-4-10-32(37)34-24-29(17-21-39(34)47)30-18-22-40-35(25-30)33-11-5-7-14-38(33)48(40)31-19-15-28(16-20-31)41-43-42(46-26-45-41)36-12-8-9-23-44(36,3)49-43/h4-27,36H,1-3H3. The maximum atomic E-state index is 6.54. The van der Waals surface area contributed by atoms with E-state index in [0.29, 0.717) is 6.04 Å². The van der Waals surface area contributed by atoms with Gasteiger partial charge in [0.15, 0.2) is 5.75 Å². The highest BCUT2D eigenvalue weighted by molar-refractivity contribution is 6.12. The molecule has 5 aromatic carbocycles. The topological polar surface area (TPSA) is 44.9 Å². The predicted molar refractivity (Wildman–Crippen MR) is 201 cm³/mol. The van der Waals surface area contributed by atoms with Gasteiger partial charge >= 0.3 is 0 Å². The Morgan fingerprint density at radius 2 is 1.27 bits per heavy atom. The molecule has 4 heterocycles. The second-order valence-electron chi connectivity index (χ2n) is 13.8. The van der Waals surface area contributed by atoms with Crippen LogP contribution in [0.3, 0.4) is 0 Å². The van der Waals surface area contributed by atoms with E-state index in [9.17, 15) is 0 Å². The smallest absolute Gasteiger partial charge is 0.169 e. The predicted octanol–water partition coefficient (Wildman–Crippen LogP) is 11.0. The van der Waals surface area contributed by atoms with Crippen LogP contribution in [0.2, 0.25) is 0 Å². The molecule has 2 unspecified atom stereocenters. The first-order valence-electron chi connectivity index (χ1n) is 17.1. The average Bonchev–Trinajstić information content (AvgIpc) is 3.76. The van der Waals surface area contributed by atoms with Crippen LogP contribution >= 0.6 is 0 Å². The molecule has 0 radical (unpaired) electrons. The van der Waals surface area contributed by atoms with E-state index in [-0.39, 0.29) is 5.92 Å². The molecule has 0 N–H and O–H groups in total. The van der Waals surface area contributed by atoms with Crippen LogP contribution in [0, 0.1) is 0 Å². The first-order valence-corrected chi connectivity index (χ1v) is 17.1. The Bertz CT molecular complexity index is 2690. The molecule has 0 fully saturated rings. The van der Waals surface area contributed by atoms with E-state index in [4.69, 9.17) is 9.72 Å². The number of benzene rings is 5. The number of fused-ring (bicyclic) bond motifs is 9. The van der Waals surface area contributed by atoms with Crippen LogP contribution in [0.1, 0.15) is 38.4 Å². The van der Waals surface area contributed by atoms with Crippen molar-refractivity contribution in [2.45, 2.75) is 38.3 Å². The Kier molecular flexibility index (Phi) is 5.90. The summed E-state index contributed by atoms with van der Waals surface area (Å²) in [6.45, 7) is 6.63. The molecule has 49 heavy (non-hydrogen) atoms. The van der Waals surface area contributed by atoms with Crippen LogP contribution in [0.15, 0.2) is 140 Å². The molecular formula is C44H34N4O. The van der Waals surface area contributed by atoms with Gasteiger partial charge in [0.25, 0.3) is 0 Å². The summed E-state index contributed by atoms with van der Waals surface area (Å²) in [5.74, 6) is 0.855. The fourth-order valence-corrected chi connectivity index (χ4v) is 8.25. The minimum absolute atomic E-state index is 0.0818. The number of hydrogen-bond acceptors (Lipinski definition) is 3. The van der Waals surface area contributed by atoms with Crippen molar-refractivity contribution in [1.29, 1.82) is 0 Å². The van der Waals surface area contributed by atoms with E-state index >= 15 is 0 Å². The van der Waals surface area contributed by atoms with E-state index in [1.165, 1.54) is 54.7 Å². The quantitative estimate of drug-likeness (QED) is 0.193. The van der Waals surface area contributed by atoms with E-state index in [1.54, 1.807) is 6.33 Å². The molecule has 0 saturated heterocycles. The van der Waals surface area contributed by atoms with Gasteiger partial charge in [0.1, 0.15) is 17.6 Å². The summed E-state index contributed by atoms with van der Waals surface area (Å²) in [6, 6.07) is 40.3. The van der Waals surface area contributed by atoms with E-state index < -0.39 is 5.60 Å². The van der Waals surface area contributed by atoms with Crippen LogP contribution in [0.25, 0.3) is 71.7 Å². The van der Waals surface area contributed by atoms with Gasteiger partial charge in [0.2, 0.25) is 0 Å². The van der Waals surface area contributed by atoms with Crippen molar-refractivity contribution < 1.29 is 4.74 Å². The lowest BCUT2D eigenvalue weighted by Crippen LogP contribution is -2.32. The fourth-order valence-electron chi connectivity index (χ4n) is 8.25. The highest BCUT2D eigenvalue weighted by atomic mass is 16.5. The molecule has 0 amide bonds. The number of hydrogen-bond donors (Lipinski definition) is 0. The van der Waals surface area contributed by atoms with Gasteiger partial charge in [-0.3, -0.25) is 0 Å². The molecule has 0 bridgehead atoms. The van der Waals surface area contributed by atoms with Gasteiger partial charge in [-0.25, -0.2) is 9.97 Å². The molecule has 5 nitrogen and oxygen atoms in total. The summed E-state index contributed by atoms with van der Waals surface area (Å²) >= 11 is 0. The van der Waals surface area contributed by atoms with Gasteiger partial charge in [-0.1, -0.05) is 78.9 Å². The van der Waals surface area contributed by atoms with Crippen molar-refractivity contribution in [3.63, 3.8) is 0 Å². The third-order valence-corrected chi connectivity index (χ3v) is 10.5. The molecule has 5 heteroatoms. The molecule has 8 aromatic rings. The van der Waals surface area contributed by atoms with Crippen molar-refractivity contribution in [3.8, 4) is 33.8 Å². The molecule has 1 aliphatic heterocycles. The van der Waals surface area contributed by atoms with Crippen LogP contribution in [0.4, 0.5) is 0 Å². The molecule has 1 aliphatic carbocycles. The summed E-state index contributed by atoms with van der Waals surface area (Å²) in [6.07, 6.45) is 10.1. The number of allylic oxidation sites excluding steroid dienone is 2. The molecule has 0 spiro atoms. The SMILES string of the molecule is CC(C)n1c2ccccc2c2cc(-c3ccc4c(c3)c3ccccc3n4-c3ccc(-c4ncnc5c4OC4(C)C=CC=CC54)cc3)ccc21. The normalized spacial score (nSPS) is 18.2. The van der Waals surface area contributed by atoms with Crippen molar-refractivity contribution in [2.24, 2.45) is 0 Å². The minimum Gasteiger partial charge on any atom is -0.478 e. The third-order valence-electron chi connectivity index (χ3n) is 10.5. The maximum Gasteiger partial charge on any atom is 0.169 e. The lowest BCUT2D eigenvalue weighted by molar-refractivity contribution is 0.155. The second kappa shape index (κ2) is 10.3. The van der Waals surface area contributed by atoms with Crippen LogP contribution < -0.4 is 4.74 Å². The van der Waals surface area contributed by atoms with Gasteiger partial charge < -0.3 is 13.9 Å². The maximum absolute atomic E-state index is 6.54. The molecular weight excluding hydrogens is 601 g/mol. The zero-order valence-corrected chi connectivity index (χ0v) is 27.6. The largest absolute Gasteiger partial charge is 0.478 e. The van der Waals surface area contributed by atoms with Crippen molar-refractivity contribution in [3.05, 3.63) is 146 Å². The second-order valence-corrected chi connectivity index (χ2v) is 13.8. The molecule has 2 aliphatic rings. The summed E-state index contributed by atoms with van der Waals surface area (Å²) < 4.78 is 11.3. The molecule has 2 atom stereocenters. The Morgan fingerprint density at radius 3 is 2.02 bits per heavy atom. The number of ether oxygens (including phenoxy) is 1. The first kappa shape index (κ1) is 28.1. The monoisotopic (exact) mass is 634 g/mol. The van der Waals surface area contributed by atoms with Gasteiger partial charge in [-0.05, 0) is 86.5 Å². The van der Waals surface area contributed by atoms with Crippen molar-refractivity contribution >= 4 is 43.6 Å². The van der Waals surface area contributed by atoms with Crippen LogP contribution in [-0.4, -0.2) is 24.7 Å². The lowest BCUT2D eigenvalue weighted by Gasteiger charge is -2.26. The lowest BCUT2D eigenvalue weighted by atomic mass is 9.85. The first-order chi connectivity index (χ1) is 24.0. The highest BCUT2D eigenvalue weighted by Gasteiger charge is 2.45. The zero-order chi connectivity index (χ0) is 32.9. The third kappa shape index (κ3) is 4.05. The summed E-state index contributed by atoms with van der Waals surface area (Å²) in [5, 5.41) is 5.07.